The first-order valence-corrected chi connectivity index (χ1v) is 13.9. The normalized spacial score (nSPS) is 35.1. The van der Waals surface area contributed by atoms with E-state index < -0.39 is 80.9 Å². The van der Waals surface area contributed by atoms with Crippen LogP contribution in [0.5, 0.6) is 11.5 Å². The summed E-state index contributed by atoms with van der Waals surface area (Å²) in [7, 11) is 1.52. The molecule has 9 nitrogen and oxygen atoms in total. The number of ether oxygens (including phenoxy) is 1. The zero-order chi connectivity index (χ0) is 31.1. The van der Waals surface area contributed by atoms with Crippen molar-refractivity contribution in [2.75, 3.05) is 7.11 Å². The van der Waals surface area contributed by atoms with Gasteiger partial charge in [-0.1, -0.05) is 58.0 Å². The summed E-state index contributed by atoms with van der Waals surface area (Å²) >= 11 is 0. The minimum atomic E-state index is -3.03. The topological polar surface area (TPSA) is 155 Å². The van der Waals surface area contributed by atoms with E-state index in [4.69, 9.17) is 4.74 Å². The van der Waals surface area contributed by atoms with Crippen molar-refractivity contribution in [1.82, 2.24) is 0 Å². The Morgan fingerprint density at radius 1 is 1.00 bits per heavy atom. The fourth-order valence-electron chi connectivity index (χ4n) is 7.98. The number of hydrogen-bond donors (Lipinski definition) is 3. The number of aromatic hydroxyl groups is 1. The molecule has 9 heteroatoms. The van der Waals surface area contributed by atoms with Gasteiger partial charge in [0, 0.05) is 16.7 Å². The maximum atomic E-state index is 14.6. The van der Waals surface area contributed by atoms with Crippen LogP contribution in [0.3, 0.4) is 0 Å². The molecule has 3 aliphatic carbocycles. The molecule has 0 aromatic heterocycles. The molecule has 0 aliphatic heterocycles. The maximum Gasteiger partial charge on any atom is 0.191 e. The fraction of sp³-hybridized carbons (Fsp3) is 0.424. The van der Waals surface area contributed by atoms with Crippen LogP contribution in [-0.4, -0.2) is 63.1 Å². The summed E-state index contributed by atoms with van der Waals surface area (Å²) in [6.45, 7) is 7.17. The highest BCUT2D eigenvalue weighted by Crippen LogP contribution is 2.66. The summed E-state index contributed by atoms with van der Waals surface area (Å²) in [5.41, 5.74) is -5.87. The lowest BCUT2D eigenvalue weighted by molar-refractivity contribution is -0.230. The second-order valence-electron chi connectivity index (χ2n) is 12.4. The number of phenolic OH excluding ortho intramolecular Hbond substituents is 1. The molecular weight excluding hydrogens is 540 g/mol. The van der Waals surface area contributed by atoms with Crippen molar-refractivity contribution in [2.24, 2.45) is 34.5 Å². The zero-order valence-electron chi connectivity index (χ0n) is 24.3. The van der Waals surface area contributed by atoms with Gasteiger partial charge in [0.05, 0.1) is 24.7 Å². The Kier molecular flexibility index (Phi) is 6.71. The third-order valence-corrected chi connectivity index (χ3v) is 9.91. The fourth-order valence-corrected chi connectivity index (χ4v) is 7.98. The van der Waals surface area contributed by atoms with Crippen molar-refractivity contribution in [3.05, 3.63) is 59.2 Å². The molecule has 0 radical (unpaired) electrons. The molecule has 2 aromatic rings. The van der Waals surface area contributed by atoms with Crippen LogP contribution >= 0.6 is 0 Å². The van der Waals surface area contributed by atoms with Crippen LogP contribution in [0.2, 0.25) is 0 Å². The Bertz CT molecular complexity index is 1580. The molecule has 220 valence electrons. The molecule has 0 bridgehead atoms. The van der Waals surface area contributed by atoms with Crippen LogP contribution < -0.4 is 4.74 Å². The molecule has 3 unspecified atom stereocenters. The molecule has 0 spiro atoms. The molecule has 3 N–H and O–H groups in total. The summed E-state index contributed by atoms with van der Waals surface area (Å²) in [4.78, 5) is 69.0. The third kappa shape index (κ3) is 3.47. The van der Waals surface area contributed by atoms with Crippen molar-refractivity contribution >= 4 is 40.6 Å². The van der Waals surface area contributed by atoms with E-state index in [9.17, 15) is 39.3 Å². The van der Waals surface area contributed by atoms with E-state index >= 15 is 0 Å². The van der Waals surface area contributed by atoms with Gasteiger partial charge in [0.15, 0.2) is 28.7 Å². The predicted octanol–water partition coefficient (Wildman–Crippen LogP) is 3.07. The molecule has 42 heavy (non-hydrogen) atoms. The maximum absolute atomic E-state index is 14.6. The van der Waals surface area contributed by atoms with E-state index in [1.165, 1.54) is 33.1 Å². The summed E-state index contributed by atoms with van der Waals surface area (Å²) in [5, 5.41) is 35.5. The summed E-state index contributed by atoms with van der Waals surface area (Å²) in [6.07, 6.45) is -0.119. The number of hydrogen-bond acceptors (Lipinski definition) is 9. The van der Waals surface area contributed by atoms with Gasteiger partial charge in [-0.3, -0.25) is 24.0 Å². The van der Waals surface area contributed by atoms with Crippen LogP contribution in [0.25, 0.3) is 11.6 Å². The van der Waals surface area contributed by atoms with Crippen LogP contribution in [0, 0.1) is 34.5 Å². The number of aliphatic hydroxyl groups is 2. The summed E-state index contributed by atoms with van der Waals surface area (Å²) in [5.74, 6) is -10.4. The largest absolute Gasteiger partial charge is 0.507 e. The monoisotopic (exact) mass is 574 g/mol. The predicted molar refractivity (Wildman–Crippen MR) is 151 cm³/mol. The highest BCUT2D eigenvalue weighted by molar-refractivity contribution is 6.34. The SMILES string of the molecule is COc1ccc(/C=C2\c3cccc(O)c3C(=O)C3C(=O)[C@@]4(O)C(=O)C(C(C)=O)C(=O)C(C(C)C)[C@@]4(C)[C@H](O)[C@@]23C)cc1. The lowest BCUT2D eigenvalue weighted by Gasteiger charge is -2.64. The van der Waals surface area contributed by atoms with Gasteiger partial charge in [-0.15, -0.1) is 0 Å². The van der Waals surface area contributed by atoms with Crippen LogP contribution in [0.4, 0.5) is 0 Å². The standard InChI is InChI=1S/C33H34O9/c1-15(2)24-26(36)22(16(3)34)28(38)33(41)29(39)25-27(37)23-19(8-7-9-21(23)35)20(31(25,4)30(40)32(24,33)5)14-17-10-12-18(42-6)13-11-17/h7-15,22,24-25,30,35,40-41H,1-6H3/b20-14+/t22?,24?,25?,30-,31+,32+,33+/m1/s1. The summed E-state index contributed by atoms with van der Waals surface area (Å²) in [6, 6.07) is 11.3. The number of ketones is 5. The number of carbonyl (C=O) groups excluding carboxylic acids is 5. The average Bonchev–Trinajstić information content (AvgIpc) is 2.92. The zero-order valence-corrected chi connectivity index (χ0v) is 24.3. The minimum Gasteiger partial charge on any atom is -0.507 e. The quantitative estimate of drug-likeness (QED) is 0.467. The average molecular weight is 575 g/mol. The van der Waals surface area contributed by atoms with Crippen molar-refractivity contribution < 1.29 is 44.0 Å². The number of methoxy groups -OCH3 is 1. The number of phenols is 1. The van der Waals surface area contributed by atoms with Gasteiger partial charge < -0.3 is 20.1 Å². The molecular formula is C33H34O9. The number of Topliss-reactive ketones (excluding diaryl/α,β-unsaturated/α-hetero) is 5. The van der Waals surface area contributed by atoms with Gasteiger partial charge in [0.25, 0.3) is 0 Å². The Morgan fingerprint density at radius 3 is 2.17 bits per heavy atom. The lowest BCUT2D eigenvalue weighted by atomic mass is 9.38. The molecule has 5 rings (SSSR count). The first-order valence-electron chi connectivity index (χ1n) is 13.9. The van der Waals surface area contributed by atoms with E-state index in [0.717, 1.165) is 6.92 Å². The number of aliphatic hydroxyl groups excluding tert-OH is 1. The third-order valence-electron chi connectivity index (χ3n) is 9.91. The molecule has 0 saturated heterocycles. The number of carbonyl (C=O) groups is 5. The van der Waals surface area contributed by atoms with Crippen molar-refractivity contribution in [2.45, 2.75) is 46.3 Å². The second kappa shape index (κ2) is 9.54. The van der Waals surface area contributed by atoms with Crippen molar-refractivity contribution in [3.8, 4) is 11.5 Å². The minimum absolute atomic E-state index is 0.185. The molecule has 2 fully saturated rings. The van der Waals surface area contributed by atoms with Crippen molar-refractivity contribution in [3.63, 3.8) is 0 Å². The Labute approximate surface area is 243 Å². The van der Waals surface area contributed by atoms with Gasteiger partial charge in [0.2, 0.25) is 0 Å². The molecule has 2 aromatic carbocycles. The number of fused-ring (bicyclic) bond motifs is 3. The van der Waals surface area contributed by atoms with Crippen LogP contribution in [0.15, 0.2) is 42.5 Å². The molecule has 0 amide bonds. The van der Waals surface area contributed by atoms with Crippen LogP contribution in [0.1, 0.15) is 56.1 Å². The molecule has 0 heterocycles. The smallest absolute Gasteiger partial charge is 0.191 e. The van der Waals surface area contributed by atoms with Crippen molar-refractivity contribution in [1.29, 1.82) is 0 Å². The molecule has 3 aliphatic rings. The first kappa shape index (κ1) is 29.5. The number of benzene rings is 2. The highest BCUT2D eigenvalue weighted by atomic mass is 16.5. The lowest BCUT2D eigenvalue weighted by Crippen LogP contribution is -2.81. The Balaban J connectivity index is 1.87. The summed E-state index contributed by atoms with van der Waals surface area (Å²) < 4.78 is 5.25. The molecule has 7 atom stereocenters. The second-order valence-corrected chi connectivity index (χ2v) is 12.4. The van der Waals surface area contributed by atoms with Gasteiger partial charge in [-0.25, -0.2) is 0 Å². The van der Waals surface area contributed by atoms with Gasteiger partial charge in [0.1, 0.15) is 23.2 Å². The van der Waals surface area contributed by atoms with E-state index in [2.05, 4.69) is 0 Å². The molecule has 2 saturated carbocycles. The first-order chi connectivity index (χ1) is 19.6. The number of rotatable bonds is 4. The Morgan fingerprint density at radius 2 is 1.62 bits per heavy atom. The van der Waals surface area contributed by atoms with E-state index in [1.807, 2.05) is 0 Å². The van der Waals surface area contributed by atoms with Crippen LogP contribution in [-0.2, 0) is 19.2 Å². The van der Waals surface area contributed by atoms with E-state index in [0.29, 0.717) is 16.9 Å². The van der Waals surface area contributed by atoms with Gasteiger partial charge >= 0.3 is 0 Å². The van der Waals surface area contributed by atoms with E-state index in [-0.39, 0.29) is 11.1 Å². The van der Waals surface area contributed by atoms with E-state index in [1.54, 1.807) is 50.3 Å². The van der Waals surface area contributed by atoms with Gasteiger partial charge in [-0.05, 0) is 47.7 Å². The Hall–Kier alpha value is -3.95. The highest BCUT2D eigenvalue weighted by Gasteiger charge is 2.80. The van der Waals surface area contributed by atoms with Gasteiger partial charge in [-0.2, -0.15) is 0 Å².